The monoisotopic (exact) mass is 282 g/mol. The van der Waals surface area contributed by atoms with Crippen molar-refractivity contribution in [3.8, 4) is 0 Å². The number of hydrogen-bond donors (Lipinski definition) is 2. The first-order valence-corrected chi connectivity index (χ1v) is 8.40. The molecular formula is C14H22N2O2S. The van der Waals surface area contributed by atoms with Gasteiger partial charge in [0.15, 0.2) is 0 Å². The van der Waals surface area contributed by atoms with Crippen LogP contribution in [0, 0.1) is 6.92 Å². The fourth-order valence-corrected chi connectivity index (χ4v) is 3.98. The molecule has 2 rings (SSSR count). The molecule has 1 aromatic rings. The first-order chi connectivity index (χ1) is 8.96. The number of aryl methyl sites for hydroxylation is 1. The zero-order chi connectivity index (χ0) is 13.9. The molecule has 0 aliphatic carbocycles. The van der Waals surface area contributed by atoms with Gasteiger partial charge in [0.2, 0.25) is 10.0 Å². The third-order valence-corrected chi connectivity index (χ3v) is 4.91. The van der Waals surface area contributed by atoms with E-state index in [1.165, 1.54) is 0 Å². The molecular weight excluding hydrogens is 260 g/mol. The molecule has 4 nitrogen and oxygen atoms in total. The van der Waals surface area contributed by atoms with Gasteiger partial charge in [-0.2, -0.15) is 0 Å². The van der Waals surface area contributed by atoms with Crippen LogP contribution in [0.5, 0.6) is 0 Å². The van der Waals surface area contributed by atoms with Crippen molar-refractivity contribution in [3.63, 3.8) is 0 Å². The molecule has 1 aliphatic heterocycles. The van der Waals surface area contributed by atoms with Crippen LogP contribution in [0.3, 0.4) is 0 Å². The zero-order valence-corrected chi connectivity index (χ0v) is 12.3. The number of benzene rings is 1. The fraction of sp³-hybridized carbons (Fsp3) is 0.571. The molecule has 0 radical (unpaired) electrons. The Morgan fingerprint density at radius 3 is 2.89 bits per heavy atom. The van der Waals surface area contributed by atoms with Gasteiger partial charge < -0.3 is 5.32 Å². The third-order valence-electron chi connectivity index (χ3n) is 3.53. The Labute approximate surface area is 115 Å². The van der Waals surface area contributed by atoms with Gasteiger partial charge in [-0.1, -0.05) is 29.8 Å². The molecule has 2 atom stereocenters. The summed E-state index contributed by atoms with van der Waals surface area (Å²) < 4.78 is 27.2. The zero-order valence-electron chi connectivity index (χ0n) is 11.5. The minimum absolute atomic E-state index is 0.00330. The largest absolute Gasteiger partial charge is 0.313 e. The van der Waals surface area contributed by atoms with Gasteiger partial charge in [0.25, 0.3) is 0 Å². The Morgan fingerprint density at radius 1 is 1.42 bits per heavy atom. The van der Waals surface area contributed by atoms with Gasteiger partial charge in [-0.05, 0) is 38.8 Å². The number of hydrogen-bond acceptors (Lipinski definition) is 3. The molecule has 106 valence electrons. The van der Waals surface area contributed by atoms with Crippen molar-refractivity contribution in [1.82, 2.24) is 10.0 Å². The van der Waals surface area contributed by atoms with Gasteiger partial charge in [0.1, 0.15) is 0 Å². The van der Waals surface area contributed by atoms with Gasteiger partial charge in [0, 0.05) is 12.1 Å². The average Bonchev–Trinajstić information content (AvgIpc) is 2.31. The van der Waals surface area contributed by atoms with Gasteiger partial charge in [-0.3, -0.25) is 0 Å². The number of rotatable bonds is 4. The third kappa shape index (κ3) is 4.30. The van der Waals surface area contributed by atoms with Crippen molar-refractivity contribution < 1.29 is 8.42 Å². The van der Waals surface area contributed by atoms with E-state index < -0.39 is 10.0 Å². The van der Waals surface area contributed by atoms with Crippen LogP contribution in [-0.4, -0.2) is 27.0 Å². The molecule has 0 bridgehead atoms. The Balaban J connectivity index is 2.02. The van der Waals surface area contributed by atoms with Gasteiger partial charge in [-0.15, -0.1) is 0 Å². The second-order valence-electron chi connectivity index (χ2n) is 5.36. The second-order valence-corrected chi connectivity index (χ2v) is 7.11. The smallest absolute Gasteiger partial charge is 0.216 e. The van der Waals surface area contributed by atoms with Crippen molar-refractivity contribution in [2.45, 2.75) is 44.5 Å². The van der Waals surface area contributed by atoms with E-state index in [-0.39, 0.29) is 17.8 Å². The van der Waals surface area contributed by atoms with Gasteiger partial charge in [0.05, 0.1) is 5.75 Å². The summed E-state index contributed by atoms with van der Waals surface area (Å²) in [7, 11) is -3.27. The van der Waals surface area contributed by atoms with Crippen molar-refractivity contribution in [2.24, 2.45) is 0 Å². The van der Waals surface area contributed by atoms with E-state index in [4.69, 9.17) is 0 Å². The maximum Gasteiger partial charge on any atom is 0.216 e. The minimum atomic E-state index is -3.27. The van der Waals surface area contributed by atoms with Crippen molar-refractivity contribution in [1.29, 1.82) is 0 Å². The standard InChI is InChI=1S/C14H22N2O2S/c1-11-5-3-6-13(9-11)10-19(17,18)16-14-7-4-8-15-12(14)2/h3,5-6,9,12,14-16H,4,7-8,10H2,1-2H3. The molecule has 2 N–H and O–H groups in total. The van der Waals surface area contributed by atoms with Crippen molar-refractivity contribution in [3.05, 3.63) is 35.4 Å². The maximum absolute atomic E-state index is 12.2. The Bertz CT molecular complexity index is 528. The summed E-state index contributed by atoms with van der Waals surface area (Å²) >= 11 is 0. The first-order valence-electron chi connectivity index (χ1n) is 6.75. The minimum Gasteiger partial charge on any atom is -0.313 e. The number of sulfonamides is 1. The van der Waals surface area contributed by atoms with Crippen molar-refractivity contribution >= 4 is 10.0 Å². The Hall–Kier alpha value is -0.910. The average molecular weight is 282 g/mol. The maximum atomic E-state index is 12.2. The van der Waals surface area contributed by atoms with Crippen LogP contribution in [0.15, 0.2) is 24.3 Å². The van der Waals surface area contributed by atoms with E-state index in [2.05, 4.69) is 10.0 Å². The van der Waals surface area contributed by atoms with Crippen LogP contribution in [0.1, 0.15) is 30.9 Å². The van der Waals surface area contributed by atoms with E-state index in [1.807, 2.05) is 38.1 Å². The molecule has 1 aromatic carbocycles. The van der Waals surface area contributed by atoms with Crippen molar-refractivity contribution in [2.75, 3.05) is 6.54 Å². The van der Waals surface area contributed by atoms with Crippen LogP contribution in [0.2, 0.25) is 0 Å². The molecule has 0 amide bonds. The van der Waals surface area contributed by atoms with Gasteiger partial charge >= 0.3 is 0 Å². The van der Waals surface area contributed by atoms with Crippen LogP contribution < -0.4 is 10.0 Å². The van der Waals surface area contributed by atoms with E-state index in [9.17, 15) is 8.42 Å². The highest BCUT2D eigenvalue weighted by atomic mass is 32.2. The molecule has 1 aliphatic rings. The lowest BCUT2D eigenvalue weighted by Crippen LogP contribution is -2.52. The number of nitrogens with one attached hydrogen (secondary N) is 2. The van der Waals surface area contributed by atoms with Crippen LogP contribution in [-0.2, 0) is 15.8 Å². The molecule has 1 saturated heterocycles. The summed E-state index contributed by atoms with van der Waals surface area (Å²) in [4.78, 5) is 0. The Kier molecular flexibility index (Phi) is 4.60. The topological polar surface area (TPSA) is 58.2 Å². The summed E-state index contributed by atoms with van der Waals surface area (Å²) in [5.74, 6) is 0.0535. The highest BCUT2D eigenvalue weighted by Gasteiger charge is 2.25. The molecule has 2 unspecified atom stereocenters. The van der Waals surface area contributed by atoms with E-state index in [1.54, 1.807) is 0 Å². The Morgan fingerprint density at radius 2 is 2.21 bits per heavy atom. The molecule has 0 saturated carbocycles. The SMILES string of the molecule is Cc1cccc(CS(=O)(=O)NC2CCCNC2C)c1. The first kappa shape index (κ1) is 14.5. The second kappa shape index (κ2) is 6.03. The fourth-order valence-electron chi connectivity index (χ4n) is 2.50. The highest BCUT2D eigenvalue weighted by molar-refractivity contribution is 7.88. The summed E-state index contributed by atoms with van der Waals surface area (Å²) in [6, 6.07) is 7.84. The van der Waals surface area contributed by atoms with Crippen LogP contribution in [0.25, 0.3) is 0 Å². The molecule has 0 spiro atoms. The molecule has 5 heteroatoms. The lowest BCUT2D eigenvalue weighted by molar-refractivity contribution is 0.348. The van der Waals surface area contributed by atoms with E-state index in [0.717, 1.165) is 30.5 Å². The molecule has 0 aromatic heterocycles. The molecule has 19 heavy (non-hydrogen) atoms. The van der Waals surface area contributed by atoms with E-state index >= 15 is 0 Å². The van der Waals surface area contributed by atoms with E-state index in [0.29, 0.717) is 0 Å². The number of piperidine rings is 1. The van der Waals surface area contributed by atoms with Crippen LogP contribution in [0.4, 0.5) is 0 Å². The highest BCUT2D eigenvalue weighted by Crippen LogP contribution is 2.12. The lowest BCUT2D eigenvalue weighted by Gasteiger charge is -2.30. The summed E-state index contributed by atoms with van der Waals surface area (Å²) in [5.41, 5.74) is 1.92. The summed E-state index contributed by atoms with van der Waals surface area (Å²) in [5, 5.41) is 3.30. The normalized spacial score (nSPS) is 24.3. The lowest BCUT2D eigenvalue weighted by atomic mass is 10.0. The molecule has 1 heterocycles. The summed E-state index contributed by atoms with van der Waals surface area (Å²) in [6.07, 6.45) is 1.92. The van der Waals surface area contributed by atoms with Gasteiger partial charge in [-0.25, -0.2) is 13.1 Å². The predicted molar refractivity (Wildman–Crippen MR) is 77.4 cm³/mol. The van der Waals surface area contributed by atoms with Crippen LogP contribution >= 0.6 is 0 Å². The quantitative estimate of drug-likeness (QED) is 0.881. The summed E-state index contributed by atoms with van der Waals surface area (Å²) in [6.45, 7) is 4.97. The predicted octanol–water partition coefficient (Wildman–Crippen LogP) is 1.55. The molecule has 1 fully saturated rings.